The summed E-state index contributed by atoms with van der Waals surface area (Å²) < 4.78 is 0.669. The molecule has 1 aliphatic heterocycles. The van der Waals surface area contributed by atoms with Crippen LogP contribution < -0.4 is 5.73 Å². The maximum absolute atomic E-state index is 5.44. The van der Waals surface area contributed by atoms with E-state index in [0.717, 1.165) is 10.8 Å². The number of rotatable bonds is 0. The maximum atomic E-state index is 5.44. The fourth-order valence-corrected chi connectivity index (χ4v) is 2.33. The number of hydrogen-bond donors (Lipinski definition) is 1. The number of alkyl halides is 1. The van der Waals surface area contributed by atoms with E-state index in [0.29, 0.717) is 3.92 Å². The van der Waals surface area contributed by atoms with E-state index >= 15 is 0 Å². The van der Waals surface area contributed by atoms with Gasteiger partial charge in [0.2, 0.25) is 0 Å². The van der Waals surface area contributed by atoms with Crippen molar-refractivity contribution in [3.63, 3.8) is 0 Å². The van der Waals surface area contributed by atoms with Crippen molar-refractivity contribution in [2.24, 2.45) is 5.73 Å². The van der Waals surface area contributed by atoms with E-state index in [4.69, 9.17) is 5.73 Å². The van der Waals surface area contributed by atoms with Crippen LogP contribution in [0.4, 0.5) is 0 Å². The molecule has 0 radical (unpaired) electrons. The lowest BCUT2D eigenvalue weighted by atomic mass is 10.5. The third kappa shape index (κ3) is 1.53. The van der Waals surface area contributed by atoms with Crippen LogP contribution in [0, 0.1) is 0 Å². The van der Waals surface area contributed by atoms with Crippen LogP contribution in [0.1, 0.15) is 0 Å². The number of halogens is 1. The SMILES string of the molecule is NC1=CC(I)CS1. The first-order valence-corrected chi connectivity index (χ1v) is 4.26. The van der Waals surface area contributed by atoms with Gasteiger partial charge in [-0.2, -0.15) is 0 Å². The summed E-state index contributed by atoms with van der Waals surface area (Å²) in [6.45, 7) is 0. The van der Waals surface area contributed by atoms with Crippen LogP contribution in [0.5, 0.6) is 0 Å². The molecule has 1 unspecified atom stereocenters. The van der Waals surface area contributed by atoms with Gasteiger partial charge in [0.25, 0.3) is 0 Å². The van der Waals surface area contributed by atoms with Gasteiger partial charge in [0.15, 0.2) is 0 Å². The molecule has 0 saturated heterocycles. The van der Waals surface area contributed by atoms with Gasteiger partial charge < -0.3 is 5.73 Å². The Kier molecular flexibility index (Phi) is 1.86. The van der Waals surface area contributed by atoms with Gasteiger partial charge in [-0.3, -0.25) is 0 Å². The van der Waals surface area contributed by atoms with Crippen molar-refractivity contribution < 1.29 is 0 Å². The van der Waals surface area contributed by atoms with Crippen LogP contribution in [0.15, 0.2) is 11.1 Å². The van der Waals surface area contributed by atoms with Crippen molar-refractivity contribution in [2.75, 3.05) is 5.75 Å². The molecule has 1 heterocycles. The van der Waals surface area contributed by atoms with Gasteiger partial charge in [-0.25, -0.2) is 0 Å². The Labute approximate surface area is 60.9 Å². The Hall–Kier alpha value is 0.620. The van der Waals surface area contributed by atoms with Gasteiger partial charge in [0.1, 0.15) is 0 Å². The Balaban J connectivity index is 2.50. The number of nitrogens with two attached hydrogens (primary N) is 1. The summed E-state index contributed by atoms with van der Waals surface area (Å²) in [5, 5.41) is 0.986. The van der Waals surface area contributed by atoms with Gasteiger partial charge in [-0.15, -0.1) is 11.8 Å². The third-order valence-electron chi connectivity index (χ3n) is 0.754. The number of thioether (sulfide) groups is 1. The van der Waals surface area contributed by atoms with Gasteiger partial charge >= 0.3 is 0 Å². The average molecular weight is 227 g/mol. The zero-order chi connectivity index (χ0) is 5.28. The lowest BCUT2D eigenvalue weighted by Gasteiger charge is -1.86. The molecule has 0 aromatic heterocycles. The van der Waals surface area contributed by atoms with Crippen LogP contribution in [0.25, 0.3) is 0 Å². The minimum Gasteiger partial charge on any atom is -0.394 e. The van der Waals surface area contributed by atoms with Gasteiger partial charge in [-0.1, -0.05) is 22.6 Å². The van der Waals surface area contributed by atoms with Crippen molar-refractivity contribution in [1.82, 2.24) is 0 Å². The first kappa shape index (κ1) is 5.75. The second-order valence-corrected chi connectivity index (χ2v) is 4.09. The van der Waals surface area contributed by atoms with Crippen molar-refractivity contribution in [1.29, 1.82) is 0 Å². The Morgan fingerprint density at radius 1 is 2.00 bits per heavy atom. The molecule has 1 rings (SSSR count). The standard InChI is InChI=1S/C4H6INS/c5-3-1-4(6)7-2-3/h1,3H,2,6H2. The Bertz CT molecular complexity index is 102. The molecule has 3 heteroatoms. The van der Waals surface area contributed by atoms with Gasteiger partial charge in [0, 0.05) is 9.68 Å². The highest BCUT2D eigenvalue weighted by molar-refractivity contribution is 14.1. The van der Waals surface area contributed by atoms with Crippen LogP contribution >= 0.6 is 34.4 Å². The highest BCUT2D eigenvalue weighted by atomic mass is 127. The molecule has 1 atom stereocenters. The van der Waals surface area contributed by atoms with E-state index in [1.807, 2.05) is 0 Å². The molecule has 7 heavy (non-hydrogen) atoms. The minimum absolute atomic E-state index is 0.669. The molecular weight excluding hydrogens is 221 g/mol. The molecule has 0 saturated carbocycles. The largest absolute Gasteiger partial charge is 0.394 e. The zero-order valence-corrected chi connectivity index (χ0v) is 6.70. The fraction of sp³-hybridized carbons (Fsp3) is 0.500. The summed E-state index contributed by atoms with van der Waals surface area (Å²) in [5.74, 6) is 1.16. The third-order valence-corrected chi connectivity index (χ3v) is 3.15. The van der Waals surface area contributed by atoms with Crippen LogP contribution in [-0.2, 0) is 0 Å². The van der Waals surface area contributed by atoms with E-state index in [1.165, 1.54) is 0 Å². The molecular formula is C4H6INS. The first-order chi connectivity index (χ1) is 3.29. The van der Waals surface area contributed by atoms with E-state index < -0.39 is 0 Å². The highest BCUT2D eigenvalue weighted by Crippen LogP contribution is 2.24. The van der Waals surface area contributed by atoms with Crippen LogP contribution in [-0.4, -0.2) is 9.68 Å². The Morgan fingerprint density at radius 2 is 2.71 bits per heavy atom. The molecule has 0 fully saturated rings. The Morgan fingerprint density at radius 3 is 2.86 bits per heavy atom. The monoisotopic (exact) mass is 227 g/mol. The van der Waals surface area contributed by atoms with Gasteiger partial charge in [0.05, 0.1) is 5.03 Å². The second-order valence-electron chi connectivity index (χ2n) is 1.40. The quantitative estimate of drug-likeness (QED) is 0.499. The zero-order valence-electron chi connectivity index (χ0n) is 3.73. The molecule has 2 N–H and O–H groups in total. The van der Waals surface area contributed by atoms with E-state index in [9.17, 15) is 0 Å². The smallest absolute Gasteiger partial charge is 0.0625 e. The fourth-order valence-electron chi connectivity index (χ4n) is 0.450. The molecule has 0 aromatic rings. The molecule has 0 bridgehead atoms. The lowest BCUT2D eigenvalue weighted by molar-refractivity contribution is 1.34. The van der Waals surface area contributed by atoms with Crippen molar-refractivity contribution >= 4 is 34.4 Å². The average Bonchev–Trinajstić information content (AvgIpc) is 1.87. The summed E-state index contributed by atoms with van der Waals surface area (Å²) in [7, 11) is 0. The summed E-state index contributed by atoms with van der Waals surface area (Å²) in [5.41, 5.74) is 5.44. The molecule has 0 aromatic carbocycles. The molecule has 0 amide bonds. The van der Waals surface area contributed by atoms with Crippen LogP contribution in [0.3, 0.4) is 0 Å². The van der Waals surface area contributed by atoms with E-state index in [2.05, 4.69) is 28.7 Å². The summed E-state index contributed by atoms with van der Waals surface area (Å²) >= 11 is 4.11. The summed E-state index contributed by atoms with van der Waals surface area (Å²) in [4.78, 5) is 0. The van der Waals surface area contributed by atoms with Crippen molar-refractivity contribution in [3.8, 4) is 0 Å². The van der Waals surface area contributed by atoms with E-state index in [-0.39, 0.29) is 0 Å². The predicted octanol–water partition coefficient (Wildman–Crippen LogP) is 1.34. The topological polar surface area (TPSA) is 26.0 Å². The normalized spacial score (nSPS) is 30.4. The lowest BCUT2D eigenvalue weighted by Crippen LogP contribution is -1.87. The predicted molar refractivity (Wildman–Crippen MR) is 42.5 cm³/mol. The van der Waals surface area contributed by atoms with Gasteiger partial charge in [-0.05, 0) is 6.08 Å². The summed E-state index contributed by atoms with van der Waals surface area (Å²) in [6, 6.07) is 0. The molecule has 40 valence electrons. The van der Waals surface area contributed by atoms with Crippen molar-refractivity contribution in [2.45, 2.75) is 3.92 Å². The van der Waals surface area contributed by atoms with E-state index in [1.54, 1.807) is 11.8 Å². The first-order valence-electron chi connectivity index (χ1n) is 2.03. The minimum atomic E-state index is 0.669. The maximum Gasteiger partial charge on any atom is 0.0625 e. The molecule has 0 spiro atoms. The summed E-state index contributed by atoms with van der Waals surface area (Å²) in [6.07, 6.45) is 2.09. The second kappa shape index (κ2) is 2.26. The number of hydrogen-bond acceptors (Lipinski definition) is 2. The molecule has 0 aliphatic carbocycles. The molecule has 1 nitrogen and oxygen atoms in total. The molecule has 1 aliphatic rings. The number of allylic oxidation sites excluding steroid dienone is 1. The van der Waals surface area contributed by atoms with Crippen molar-refractivity contribution in [3.05, 3.63) is 11.1 Å². The van der Waals surface area contributed by atoms with Crippen LogP contribution in [0.2, 0.25) is 0 Å². The highest BCUT2D eigenvalue weighted by Gasteiger charge is 2.08.